The van der Waals surface area contributed by atoms with Gasteiger partial charge in [-0.1, -0.05) is 11.6 Å². The molecule has 0 atom stereocenters. The minimum Gasteiger partial charge on any atom is -0.478 e. The SMILES string of the molecule is Cc1cc(NC(=O)c2ccc(Cl)cn2)ccc1C(=O)O. The molecule has 0 radical (unpaired) electrons. The number of aromatic carboxylic acids is 1. The first kappa shape index (κ1) is 14.0. The Morgan fingerprint density at radius 2 is 2.00 bits per heavy atom. The summed E-state index contributed by atoms with van der Waals surface area (Å²) in [5.74, 6) is -1.39. The van der Waals surface area contributed by atoms with Gasteiger partial charge in [-0.2, -0.15) is 0 Å². The lowest BCUT2D eigenvalue weighted by atomic mass is 10.1. The van der Waals surface area contributed by atoms with Gasteiger partial charge in [0.25, 0.3) is 5.91 Å². The number of aromatic nitrogens is 1. The molecule has 2 aromatic rings. The number of amides is 1. The average molecular weight is 291 g/mol. The Morgan fingerprint density at radius 1 is 1.25 bits per heavy atom. The van der Waals surface area contributed by atoms with Crippen molar-refractivity contribution in [3.63, 3.8) is 0 Å². The number of carboxylic acids is 1. The number of rotatable bonds is 3. The summed E-state index contributed by atoms with van der Waals surface area (Å²) in [6, 6.07) is 7.66. The van der Waals surface area contributed by atoms with E-state index in [1.807, 2.05) is 0 Å². The molecule has 1 aromatic carbocycles. The maximum atomic E-state index is 11.9. The van der Waals surface area contributed by atoms with E-state index in [1.54, 1.807) is 19.1 Å². The Labute approximate surface area is 120 Å². The largest absolute Gasteiger partial charge is 0.478 e. The van der Waals surface area contributed by atoms with Gasteiger partial charge >= 0.3 is 5.97 Å². The molecule has 0 fully saturated rings. The Hall–Kier alpha value is -2.40. The van der Waals surface area contributed by atoms with Crippen molar-refractivity contribution in [3.8, 4) is 0 Å². The van der Waals surface area contributed by atoms with Crippen LogP contribution in [0.5, 0.6) is 0 Å². The molecule has 5 nitrogen and oxygen atoms in total. The fraction of sp³-hybridized carbons (Fsp3) is 0.0714. The fourth-order valence-electron chi connectivity index (χ4n) is 1.69. The molecule has 20 heavy (non-hydrogen) atoms. The van der Waals surface area contributed by atoms with Gasteiger partial charge < -0.3 is 10.4 Å². The van der Waals surface area contributed by atoms with Crippen molar-refractivity contribution in [2.24, 2.45) is 0 Å². The van der Waals surface area contributed by atoms with Crippen LogP contribution in [0.2, 0.25) is 5.02 Å². The van der Waals surface area contributed by atoms with Crippen molar-refractivity contribution in [3.05, 3.63) is 58.4 Å². The third kappa shape index (κ3) is 3.13. The van der Waals surface area contributed by atoms with Crippen LogP contribution in [0.15, 0.2) is 36.5 Å². The molecule has 2 N–H and O–H groups in total. The van der Waals surface area contributed by atoms with Gasteiger partial charge in [0, 0.05) is 11.9 Å². The molecule has 0 unspecified atom stereocenters. The van der Waals surface area contributed by atoms with Crippen LogP contribution < -0.4 is 5.32 Å². The highest BCUT2D eigenvalue weighted by Crippen LogP contribution is 2.16. The molecule has 0 saturated carbocycles. The molecular weight excluding hydrogens is 280 g/mol. The lowest BCUT2D eigenvalue weighted by molar-refractivity contribution is 0.0696. The number of benzene rings is 1. The van der Waals surface area contributed by atoms with Gasteiger partial charge in [-0.05, 0) is 42.8 Å². The number of nitrogens with zero attached hydrogens (tertiary/aromatic N) is 1. The predicted molar refractivity (Wildman–Crippen MR) is 75.3 cm³/mol. The summed E-state index contributed by atoms with van der Waals surface area (Å²) in [6.07, 6.45) is 1.38. The van der Waals surface area contributed by atoms with Gasteiger partial charge in [-0.25, -0.2) is 9.78 Å². The molecular formula is C14H11ClN2O3. The van der Waals surface area contributed by atoms with E-state index in [4.69, 9.17) is 16.7 Å². The van der Waals surface area contributed by atoms with Crippen molar-refractivity contribution in [2.45, 2.75) is 6.92 Å². The topological polar surface area (TPSA) is 79.3 Å². The van der Waals surface area contributed by atoms with Crippen LogP contribution in [0.3, 0.4) is 0 Å². The Kier molecular flexibility index (Phi) is 4.00. The Balaban J connectivity index is 2.18. The van der Waals surface area contributed by atoms with Crippen LogP contribution in [-0.2, 0) is 0 Å². The second-order valence-electron chi connectivity index (χ2n) is 4.15. The summed E-state index contributed by atoms with van der Waals surface area (Å²) < 4.78 is 0. The van der Waals surface area contributed by atoms with Crippen LogP contribution in [0.4, 0.5) is 5.69 Å². The van der Waals surface area contributed by atoms with E-state index in [-0.39, 0.29) is 17.2 Å². The highest BCUT2D eigenvalue weighted by molar-refractivity contribution is 6.30. The molecule has 0 spiro atoms. The lowest BCUT2D eigenvalue weighted by Gasteiger charge is -2.07. The summed E-state index contributed by atoms with van der Waals surface area (Å²) in [5.41, 5.74) is 1.51. The van der Waals surface area contributed by atoms with Gasteiger partial charge in [-0.3, -0.25) is 4.79 Å². The molecule has 0 saturated heterocycles. The van der Waals surface area contributed by atoms with E-state index in [1.165, 1.54) is 24.4 Å². The van der Waals surface area contributed by atoms with Gasteiger partial charge in [-0.15, -0.1) is 0 Å². The number of carbonyl (C=O) groups excluding carboxylic acids is 1. The second kappa shape index (κ2) is 5.71. The second-order valence-corrected chi connectivity index (χ2v) is 4.59. The first-order valence-electron chi connectivity index (χ1n) is 5.74. The normalized spacial score (nSPS) is 10.1. The molecule has 0 aliphatic carbocycles. The number of anilines is 1. The number of nitrogens with one attached hydrogen (secondary N) is 1. The molecule has 6 heteroatoms. The number of pyridine rings is 1. The van der Waals surface area contributed by atoms with Crippen LogP contribution in [0.1, 0.15) is 26.4 Å². The first-order chi connectivity index (χ1) is 9.47. The maximum Gasteiger partial charge on any atom is 0.335 e. The molecule has 102 valence electrons. The molecule has 1 amide bonds. The fourth-order valence-corrected chi connectivity index (χ4v) is 1.80. The van der Waals surface area contributed by atoms with Gasteiger partial charge in [0.05, 0.1) is 10.6 Å². The third-order valence-corrected chi connectivity index (χ3v) is 2.90. The van der Waals surface area contributed by atoms with Crippen molar-refractivity contribution in [1.29, 1.82) is 0 Å². The number of hydrogen-bond acceptors (Lipinski definition) is 3. The zero-order valence-corrected chi connectivity index (χ0v) is 11.3. The molecule has 0 aliphatic rings. The maximum absolute atomic E-state index is 11.9. The Morgan fingerprint density at radius 3 is 2.55 bits per heavy atom. The molecule has 1 heterocycles. The number of carboxylic acid groups (broad SMARTS) is 1. The highest BCUT2D eigenvalue weighted by Gasteiger charge is 2.10. The van der Waals surface area contributed by atoms with Crippen molar-refractivity contribution in [2.75, 3.05) is 5.32 Å². The summed E-state index contributed by atoms with van der Waals surface area (Å²) in [7, 11) is 0. The monoisotopic (exact) mass is 290 g/mol. The van der Waals surface area contributed by atoms with Gasteiger partial charge in [0.1, 0.15) is 5.69 Å². The zero-order valence-electron chi connectivity index (χ0n) is 10.6. The van der Waals surface area contributed by atoms with E-state index < -0.39 is 5.97 Å². The van der Waals surface area contributed by atoms with E-state index >= 15 is 0 Å². The van der Waals surface area contributed by atoms with Crippen LogP contribution in [0, 0.1) is 6.92 Å². The molecule has 2 rings (SSSR count). The summed E-state index contributed by atoms with van der Waals surface area (Å²) in [6.45, 7) is 1.67. The number of aryl methyl sites for hydroxylation is 1. The van der Waals surface area contributed by atoms with E-state index in [0.717, 1.165) is 0 Å². The quantitative estimate of drug-likeness (QED) is 0.911. The van der Waals surface area contributed by atoms with Crippen molar-refractivity contribution in [1.82, 2.24) is 4.98 Å². The van der Waals surface area contributed by atoms with Crippen molar-refractivity contribution >= 4 is 29.2 Å². The summed E-state index contributed by atoms with van der Waals surface area (Å²) in [4.78, 5) is 26.7. The lowest BCUT2D eigenvalue weighted by Crippen LogP contribution is -2.13. The minimum atomic E-state index is -1.00. The third-order valence-electron chi connectivity index (χ3n) is 2.67. The summed E-state index contributed by atoms with van der Waals surface area (Å²) in [5, 5.41) is 12.0. The molecule has 1 aromatic heterocycles. The van der Waals surface area contributed by atoms with Crippen LogP contribution in [0.25, 0.3) is 0 Å². The van der Waals surface area contributed by atoms with Crippen LogP contribution >= 0.6 is 11.6 Å². The Bertz CT molecular complexity index is 669. The number of hydrogen-bond donors (Lipinski definition) is 2. The van der Waals surface area contributed by atoms with E-state index in [9.17, 15) is 9.59 Å². The van der Waals surface area contributed by atoms with Gasteiger partial charge in [0.2, 0.25) is 0 Å². The standard InChI is InChI=1S/C14H11ClN2O3/c1-8-6-10(3-4-11(8)14(19)20)17-13(18)12-5-2-9(15)7-16-12/h2-7H,1H3,(H,17,18)(H,19,20). The first-order valence-corrected chi connectivity index (χ1v) is 6.12. The average Bonchev–Trinajstić information content (AvgIpc) is 2.39. The predicted octanol–water partition coefficient (Wildman–Crippen LogP) is 2.99. The number of halogens is 1. The van der Waals surface area contributed by atoms with E-state index in [2.05, 4.69) is 10.3 Å². The molecule has 0 aliphatic heterocycles. The van der Waals surface area contributed by atoms with Gasteiger partial charge in [0.15, 0.2) is 0 Å². The zero-order chi connectivity index (χ0) is 14.7. The summed E-state index contributed by atoms with van der Waals surface area (Å²) >= 11 is 5.69. The van der Waals surface area contributed by atoms with Crippen molar-refractivity contribution < 1.29 is 14.7 Å². The minimum absolute atomic E-state index is 0.201. The smallest absolute Gasteiger partial charge is 0.335 e. The molecule has 0 bridgehead atoms. The number of carbonyl (C=O) groups is 2. The van der Waals surface area contributed by atoms with Crippen LogP contribution in [-0.4, -0.2) is 22.0 Å². The highest BCUT2D eigenvalue weighted by atomic mass is 35.5. The van der Waals surface area contributed by atoms with E-state index in [0.29, 0.717) is 16.3 Å².